The molecule has 0 radical (unpaired) electrons. The molecule has 0 atom stereocenters. The molecule has 30 heavy (non-hydrogen) atoms. The molecule has 2 aromatic heterocycles. The van der Waals surface area contributed by atoms with Crippen LogP contribution in [0.5, 0.6) is 5.75 Å². The van der Waals surface area contributed by atoms with Crippen LogP contribution in [0, 0.1) is 0 Å². The summed E-state index contributed by atoms with van der Waals surface area (Å²) >= 11 is 1.25. The van der Waals surface area contributed by atoms with Crippen molar-refractivity contribution in [2.45, 2.75) is 11.8 Å². The van der Waals surface area contributed by atoms with Crippen LogP contribution in [0.1, 0.15) is 17.3 Å². The van der Waals surface area contributed by atoms with Gasteiger partial charge in [0.05, 0.1) is 11.5 Å². The molecule has 9 heteroatoms. The Hall–Kier alpha value is -3.17. The highest BCUT2D eigenvalue weighted by Crippen LogP contribution is 2.34. The van der Waals surface area contributed by atoms with Crippen molar-refractivity contribution in [3.05, 3.63) is 59.5 Å². The fourth-order valence-electron chi connectivity index (χ4n) is 2.91. The highest BCUT2D eigenvalue weighted by Gasteiger charge is 2.16. The average Bonchev–Trinajstić information content (AvgIpc) is 3.35. The van der Waals surface area contributed by atoms with E-state index in [4.69, 9.17) is 9.15 Å². The lowest BCUT2D eigenvalue weighted by Crippen LogP contribution is -2.12. The predicted molar refractivity (Wildman–Crippen MR) is 116 cm³/mol. The summed E-state index contributed by atoms with van der Waals surface area (Å²) in [5.74, 6) is 0.786. The van der Waals surface area contributed by atoms with Crippen LogP contribution >= 0.6 is 11.3 Å². The number of hydrogen-bond donors (Lipinski definition) is 1. The van der Waals surface area contributed by atoms with Crippen molar-refractivity contribution < 1.29 is 22.4 Å². The second-order valence-electron chi connectivity index (χ2n) is 6.51. The zero-order valence-corrected chi connectivity index (χ0v) is 17.8. The van der Waals surface area contributed by atoms with Crippen molar-refractivity contribution in [3.8, 4) is 17.2 Å². The minimum Gasteiger partial charge on any atom is -0.490 e. The minimum atomic E-state index is -3.40. The van der Waals surface area contributed by atoms with Crippen molar-refractivity contribution in [2.24, 2.45) is 0 Å². The van der Waals surface area contributed by atoms with Gasteiger partial charge in [-0.2, -0.15) is 0 Å². The van der Waals surface area contributed by atoms with Gasteiger partial charge in [0.2, 0.25) is 0 Å². The molecule has 0 saturated carbocycles. The topological polar surface area (TPSA) is 98.5 Å². The first-order valence-electron chi connectivity index (χ1n) is 9.08. The number of carbonyl (C=O) groups is 1. The van der Waals surface area contributed by atoms with Gasteiger partial charge in [-0.25, -0.2) is 13.4 Å². The third-order valence-electron chi connectivity index (χ3n) is 4.31. The molecule has 0 saturated heterocycles. The molecule has 0 aliphatic rings. The number of thiazole rings is 1. The Morgan fingerprint density at radius 3 is 2.77 bits per heavy atom. The number of nitrogens with zero attached hydrogens (tertiary/aromatic N) is 1. The number of hydrogen-bond acceptors (Lipinski definition) is 7. The van der Waals surface area contributed by atoms with Gasteiger partial charge in [-0.3, -0.25) is 10.1 Å². The van der Waals surface area contributed by atoms with Gasteiger partial charge in [0.1, 0.15) is 5.69 Å². The summed E-state index contributed by atoms with van der Waals surface area (Å²) in [5.41, 5.74) is 1.46. The predicted octanol–water partition coefficient (Wildman–Crippen LogP) is 4.61. The zero-order chi connectivity index (χ0) is 21.3. The fraction of sp³-hybridized carbons (Fsp3) is 0.143. The molecule has 0 aliphatic heterocycles. The average molecular weight is 443 g/mol. The molecule has 4 aromatic rings. The second kappa shape index (κ2) is 7.92. The molecule has 0 unspecified atom stereocenters. The Morgan fingerprint density at radius 1 is 1.20 bits per heavy atom. The monoisotopic (exact) mass is 442 g/mol. The number of carbonyl (C=O) groups excluding carboxylic acids is 1. The van der Waals surface area contributed by atoms with Gasteiger partial charge in [0.15, 0.2) is 32.1 Å². The summed E-state index contributed by atoms with van der Waals surface area (Å²) in [5, 5.41) is 5.75. The lowest BCUT2D eigenvalue weighted by molar-refractivity contribution is 0.102. The van der Waals surface area contributed by atoms with E-state index in [1.165, 1.54) is 29.5 Å². The summed E-state index contributed by atoms with van der Waals surface area (Å²) in [6.07, 6.45) is 1.10. The summed E-state index contributed by atoms with van der Waals surface area (Å²) < 4.78 is 34.9. The molecule has 154 valence electrons. The van der Waals surface area contributed by atoms with E-state index in [1.807, 2.05) is 31.2 Å². The smallest absolute Gasteiger partial charge is 0.257 e. The third-order valence-corrected chi connectivity index (χ3v) is 6.18. The molecule has 4 rings (SSSR count). The van der Waals surface area contributed by atoms with Gasteiger partial charge >= 0.3 is 0 Å². The van der Waals surface area contributed by atoms with Crippen molar-refractivity contribution in [2.75, 3.05) is 18.2 Å². The number of amides is 1. The van der Waals surface area contributed by atoms with E-state index in [-0.39, 0.29) is 10.5 Å². The van der Waals surface area contributed by atoms with Crippen LogP contribution in [-0.2, 0) is 9.84 Å². The number of fused-ring (bicyclic) bond motifs is 1. The summed E-state index contributed by atoms with van der Waals surface area (Å²) in [7, 11) is -3.40. The van der Waals surface area contributed by atoms with Crippen LogP contribution in [0.3, 0.4) is 0 Å². The number of benzene rings is 2. The van der Waals surface area contributed by atoms with Crippen LogP contribution in [0.25, 0.3) is 22.4 Å². The van der Waals surface area contributed by atoms with Crippen molar-refractivity contribution in [1.29, 1.82) is 0 Å². The van der Waals surface area contributed by atoms with Crippen molar-refractivity contribution in [3.63, 3.8) is 0 Å². The van der Waals surface area contributed by atoms with E-state index in [1.54, 1.807) is 11.4 Å². The van der Waals surface area contributed by atoms with E-state index >= 15 is 0 Å². The van der Waals surface area contributed by atoms with Crippen LogP contribution in [-0.4, -0.2) is 32.2 Å². The van der Waals surface area contributed by atoms with Gasteiger partial charge in [-0.05, 0) is 37.3 Å². The van der Waals surface area contributed by atoms with E-state index in [0.29, 0.717) is 34.5 Å². The number of furan rings is 1. The third kappa shape index (κ3) is 4.07. The Morgan fingerprint density at radius 2 is 2.00 bits per heavy atom. The largest absolute Gasteiger partial charge is 0.490 e. The van der Waals surface area contributed by atoms with Crippen molar-refractivity contribution >= 4 is 43.2 Å². The molecule has 2 heterocycles. The maximum atomic E-state index is 12.5. The van der Waals surface area contributed by atoms with Gasteiger partial charge in [0.25, 0.3) is 5.91 Å². The van der Waals surface area contributed by atoms with Gasteiger partial charge in [0, 0.05) is 22.6 Å². The van der Waals surface area contributed by atoms with E-state index in [0.717, 1.165) is 11.6 Å². The number of para-hydroxylation sites is 1. The highest BCUT2D eigenvalue weighted by atomic mass is 32.2. The summed E-state index contributed by atoms with van der Waals surface area (Å²) in [4.78, 5) is 17.0. The lowest BCUT2D eigenvalue weighted by Gasteiger charge is -2.04. The first kappa shape index (κ1) is 20.1. The molecule has 7 nitrogen and oxygen atoms in total. The zero-order valence-electron chi connectivity index (χ0n) is 16.2. The number of rotatable bonds is 6. The first-order valence-corrected chi connectivity index (χ1v) is 11.8. The molecule has 0 aliphatic carbocycles. The molecule has 0 spiro atoms. The fourth-order valence-corrected chi connectivity index (χ4v) is 4.27. The highest BCUT2D eigenvalue weighted by molar-refractivity contribution is 7.90. The molecule has 2 aromatic carbocycles. The van der Waals surface area contributed by atoms with E-state index in [2.05, 4.69) is 10.3 Å². The number of sulfone groups is 1. The van der Waals surface area contributed by atoms with E-state index in [9.17, 15) is 13.2 Å². The molecular weight excluding hydrogens is 424 g/mol. The molecule has 1 amide bonds. The molecule has 0 bridgehead atoms. The molecule has 1 N–H and O–H groups in total. The van der Waals surface area contributed by atoms with Crippen LogP contribution < -0.4 is 10.1 Å². The molecule has 0 fully saturated rings. The van der Waals surface area contributed by atoms with Gasteiger partial charge in [-0.1, -0.05) is 18.2 Å². The quantitative estimate of drug-likeness (QED) is 0.468. The van der Waals surface area contributed by atoms with Crippen LogP contribution in [0.15, 0.2) is 63.2 Å². The van der Waals surface area contributed by atoms with Gasteiger partial charge in [-0.15, -0.1) is 11.3 Å². The normalized spacial score (nSPS) is 11.5. The maximum absolute atomic E-state index is 12.5. The lowest BCUT2D eigenvalue weighted by atomic mass is 10.2. The van der Waals surface area contributed by atoms with Crippen LogP contribution in [0.4, 0.5) is 5.13 Å². The molecular formula is C21H18N2O5S2. The van der Waals surface area contributed by atoms with Crippen LogP contribution in [0.2, 0.25) is 0 Å². The van der Waals surface area contributed by atoms with Gasteiger partial charge < -0.3 is 9.15 Å². The number of aromatic nitrogens is 1. The standard InChI is InChI=1S/C21H18N2O5S2/c1-3-27-17-9-5-6-13-11-18(28-19(13)17)16-12-29-21(22-16)23-20(24)14-7-4-8-15(10-14)30(2,25)26/h4-12H,3H2,1-2H3,(H,22,23,24). The van der Waals surface area contributed by atoms with E-state index < -0.39 is 15.7 Å². The summed E-state index contributed by atoms with van der Waals surface area (Å²) in [6.45, 7) is 2.44. The van der Waals surface area contributed by atoms with Crippen molar-refractivity contribution in [1.82, 2.24) is 4.98 Å². The minimum absolute atomic E-state index is 0.0855. The Labute approximate surface area is 177 Å². The Kier molecular flexibility index (Phi) is 5.31. The SMILES string of the molecule is CCOc1cccc2cc(-c3csc(NC(=O)c4cccc(S(C)(=O)=O)c4)n3)oc12. The Balaban J connectivity index is 1.57. The first-order chi connectivity index (χ1) is 14.3. The Bertz CT molecular complexity index is 1340. The summed E-state index contributed by atoms with van der Waals surface area (Å²) in [6, 6.07) is 13.4. The second-order valence-corrected chi connectivity index (χ2v) is 9.38. The number of ether oxygens (including phenoxy) is 1. The number of anilines is 1. The maximum Gasteiger partial charge on any atom is 0.257 e. The number of nitrogens with one attached hydrogen (secondary N) is 1.